The van der Waals surface area contributed by atoms with Crippen LogP contribution in [0.5, 0.6) is 0 Å². The summed E-state index contributed by atoms with van der Waals surface area (Å²) in [7, 11) is -1.90. The molecule has 194 valence electrons. The first kappa shape index (κ1) is 27.9. The van der Waals surface area contributed by atoms with Crippen LogP contribution in [0.25, 0.3) is 0 Å². The number of nitrogens with zero attached hydrogens (tertiary/aromatic N) is 3. The predicted octanol–water partition coefficient (Wildman–Crippen LogP) is 5.88. The molecule has 3 rings (SSSR count). The molecule has 0 atom stereocenters. The van der Waals surface area contributed by atoms with E-state index in [1.54, 1.807) is 53.4 Å². The van der Waals surface area contributed by atoms with E-state index in [0.717, 1.165) is 0 Å². The molecule has 0 fully saturated rings. The minimum atomic E-state index is -1.90. The van der Waals surface area contributed by atoms with Crippen LogP contribution in [0, 0.1) is 11.5 Å². The van der Waals surface area contributed by atoms with E-state index in [0.29, 0.717) is 35.2 Å². The molecule has 0 aliphatic rings. The summed E-state index contributed by atoms with van der Waals surface area (Å²) in [5.74, 6) is -1.06. The zero-order valence-electron chi connectivity index (χ0n) is 21.6. The van der Waals surface area contributed by atoms with Gasteiger partial charge in [0.1, 0.15) is 5.69 Å². The van der Waals surface area contributed by atoms with Crippen LogP contribution in [-0.4, -0.2) is 43.3 Å². The molecule has 0 radical (unpaired) electrons. The van der Waals surface area contributed by atoms with Crippen LogP contribution in [0.2, 0.25) is 23.2 Å². The van der Waals surface area contributed by atoms with Gasteiger partial charge in [-0.1, -0.05) is 32.4 Å². The highest BCUT2D eigenvalue weighted by molar-refractivity contribution is 6.74. The summed E-state index contributed by atoms with van der Waals surface area (Å²) in [6, 6.07) is 13.5. The van der Waals surface area contributed by atoms with Gasteiger partial charge < -0.3 is 20.0 Å². The molecule has 0 unspecified atom stereocenters. The van der Waals surface area contributed by atoms with Crippen molar-refractivity contribution in [2.24, 2.45) is 0 Å². The lowest BCUT2D eigenvalue weighted by Gasteiger charge is -2.36. The van der Waals surface area contributed by atoms with Gasteiger partial charge in [-0.15, -0.1) is 0 Å². The van der Waals surface area contributed by atoms with Crippen molar-refractivity contribution in [3.05, 3.63) is 71.3 Å². The maximum atomic E-state index is 12.8. The van der Waals surface area contributed by atoms with Gasteiger partial charge in [0.15, 0.2) is 20.2 Å². The molecule has 3 aromatic rings. The second-order valence-electron chi connectivity index (χ2n) is 9.95. The van der Waals surface area contributed by atoms with E-state index in [1.165, 1.54) is 6.33 Å². The Morgan fingerprint density at radius 1 is 1.05 bits per heavy atom. The molecule has 0 bridgehead atoms. The number of rotatable bonds is 9. The molecular formula is C26H31ClN6O3Si. The number of benzene rings is 2. The summed E-state index contributed by atoms with van der Waals surface area (Å²) < 4.78 is 6.18. The number of imidazole rings is 1. The molecule has 0 spiro atoms. The van der Waals surface area contributed by atoms with Gasteiger partial charge in [0, 0.05) is 16.4 Å². The lowest BCUT2D eigenvalue weighted by Crippen LogP contribution is -2.42. The summed E-state index contributed by atoms with van der Waals surface area (Å²) in [4.78, 5) is 33.7. The number of amides is 2. The monoisotopic (exact) mass is 538 g/mol. The fourth-order valence-electron chi connectivity index (χ4n) is 3.13. The van der Waals surface area contributed by atoms with Crippen molar-refractivity contribution < 1.29 is 14.0 Å². The second-order valence-corrected chi connectivity index (χ2v) is 15.2. The summed E-state index contributed by atoms with van der Waals surface area (Å²) in [5, 5.41) is 15.7. The number of nitrogens with one attached hydrogen (secondary N) is 3. The first-order chi connectivity index (χ1) is 17.4. The van der Waals surface area contributed by atoms with Gasteiger partial charge >= 0.3 is 0 Å². The van der Waals surface area contributed by atoms with Gasteiger partial charge in [0.05, 0.1) is 25.2 Å². The molecule has 0 saturated heterocycles. The highest BCUT2D eigenvalue weighted by atomic mass is 35.5. The van der Waals surface area contributed by atoms with Gasteiger partial charge in [-0.05, 0) is 66.7 Å². The topological polar surface area (TPSA) is 123 Å². The molecule has 0 saturated carbocycles. The Kier molecular flexibility index (Phi) is 8.75. The molecule has 0 aliphatic heterocycles. The Balaban J connectivity index is 1.61. The van der Waals surface area contributed by atoms with E-state index in [1.807, 2.05) is 0 Å². The maximum absolute atomic E-state index is 12.8. The van der Waals surface area contributed by atoms with Crippen molar-refractivity contribution in [2.45, 2.75) is 38.9 Å². The number of anilines is 3. The molecule has 2 aromatic carbocycles. The third-order valence-electron chi connectivity index (χ3n) is 6.33. The van der Waals surface area contributed by atoms with Crippen molar-refractivity contribution in [3.63, 3.8) is 0 Å². The Morgan fingerprint density at radius 3 is 2.19 bits per heavy atom. The molecule has 1 heterocycles. The van der Waals surface area contributed by atoms with Crippen LogP contribution in [0.15, 0.2) is 54.9 Å². The number of H-pyrrole nitrogens is 1. The lowest BCUT2D eigenvalue weighted by molar-refractivity contribution is 0.0985. The Hall–Kier alpha value is -3.65. The fraction of sp³-hybridized carbons (Fsp3) is 0.308. The first-order valence-electron chi connectivity index (χ1n) is 11.7. The van der Waals surface area contributed by atoms with Crippen molar-refractivity contribution in [1.82, 2.24) is 9.97 Å². The van der Waals surface area contributed by atoms with Crippen molar-refractivity contribution >= 4 is 48.8 Å². The third-order valence-corrected chi connectivity index (χ3v) is 11.1. The maximum Gasteiger partial charge on any atom is 0.276 e. The molecule has 3 N–H and O–H groups in total. The number of aromatic amines is 1. The van der Waals surface area contributed by atoms with E-state index < -0.39 is 20.1 Å². The van der Waals surface area contributed by atoms with Crippen LogP contribution in [-0.2, 0) is 4.43 Å². The number of aromatic nitrogens is 2. The largest absolute Gasteiger partial charge is 0.415 e. The highest BCUT2D eigenvalue weighted by Crippen LogP contribution is 2.36. The smallest absolute Gasteiger partial charge is 0.276 e. The molecule has 11 heteroatoms. The van der Waals surface area contributed by atoms with Gasteiger partial charge in [-0.25, -0.2) is 4.98 Å². The van der Waals surface area contributed by atoms with E-state index in [2.05, 4.69) is 60.7 Å². The highest BCUT2D eigenvalue weighted by Gasteiger charge is 2.37. The Bertz CT molecular complexity index is 1280. The molecule has 9 nitrogen and oxygen atoms in total. The third kappa shape index (κ3) is 7.19. The summed E-state index contributed by atoms with van der Waals surface area (Å²) >= 11 is 5.88. The number of carbonyl (C=O) groups excluding carboxylic acids is 2. The van der Waals surface area contributed by atoms with E-state index >= 15 is 0 Å². The zero-order valence-corrected chi connectivity index (χ0v) is 23.3. The number of nitriles is 1. The van der Waals surface area contributed by atoms with Gasteiger partial charge in [-0.2, -0.15) is 5.26 Å². The number of carbonyl (C=O) groups is 2. The van der Waals surface area contributed by atoms with Crippen LogP contribution in [0.3, 0.4) is 0 Å². The van der Waals surface area contributed by atoms with Crippen LogP contribution >= 0.6 is 11.6 Å². The van der Waals surface area contributed by atoms with Crippen molar-refractivity contribution in [3.8, 4) is 6.19 Å². The van der Waals surface area contributed by atoms with Gasteiger partial charge in [0.2, 0.25) is 0 Å². The normalized spacial score (nSPS) is 11.5. The molecular weight excluding hydrogens is 508 g/mol. The minimum absolute atomic E-state index is 0.0291. The average Bonchev–Trinajstić information content (AvgIpc) is 3.34. The standard InChI is InChI=1S/C26H31ClN6O3Si/c1-26(2,3)37(4,5)36-15-14-33(16-28)21-12-10-20(11-13-21)32-25(35)23-22(29-17-30-23)24(34)31-19-8-6-18(27)7-9-19/h6-13,17H,14-15H2,1-5H3,(H,29,30)(H,31,34)(H,32,35). The summed E-state index contributed by atoms with van der Waals surface area (Å²) in [6.45, 7) is 11.7. The summed E-state index contributed by atoms with van der Waals surface area (Å²) in [5.41, 5.74) is 1.69. The molecule has 37 heavy (non-hydrogen) atoms. The number of halogens is 1. The van der Waals surface area contributed by atoms with Gasteiger partial charge in [0.25, 0.3) is 11.8 Å². The van der Waals surface area contributed by atoms with Crippen molar-refractivity contribution in [1.29, 1.82) is 5.26 Å². The van der Waals surface area contributed by atoms with Gasteiger partial charge in [-0.3, -0.25) is 14.5 Å². The SMILES string of the molecule is CC(C)(C)[Si](C)(C)OCCN(C#N)c1ccc(NC(=O)c2nc[nH]c2C(=O)Nc2ccc(Cl)cc2)cc1. The van der Waals surface area contributed by atoms with Crippen LogP contribution in [0.4, 0.5) is 17.1 Å². The predicted molar refractivity (Wildman–Crippen MR) is 148 cm³/mol. The lowest BCUT2D eigenvalue weighted by atomic mass is 10.2. The van der Waals surface area contributed by atoms with E-state index in [9.17, 15) is 14.9 Å². The number of hydrogen-bond donors (Lipinski definition) is 3. The quantitative estimate of drug-likeness (QED) is 0.178. The average molecular weight is 539 g/mol. The van der Waals surface area contributed by atoms with Crippen LogP contribution in [0.1, 0.15) is 41.7 Å². The fourth-order valence-corrected chi connectivity index (χ4v) is 4.29. The summed E-state index contributed by atoms with van der Waals surface area (Å²) in [6.07, 6.45) is 3.47. The first-order valence-corrected chi connectivity index (χ1v) is 15.0. The molecule has 1 aromatic heterocycles. The molecule has 0 aliphatic carbocycles. The Morgan fingerprint density at radius 2 is 1.62 bits per heavy atom. The molecule has 2 amide bonds. The van der Waals surface area contributed by atoms with E-state index in [4.69, 9.17) is 16.0 Å². The minimum Gasteiger partial charge on any atom is -0.415 e. The van der Waals surface area contributed by atoms with Crippen molar-refractivity contribution in [2.75, 3.05) is 28.7 Å². The zero-order chi connectivity index (χ0) is 27.2. The second kappa shape index (κ2) is 11.6. The Labute approximate surface area is 222 Å². The van der Waals surface area contributed by atoms with E-state index in [-0.39, 0.29) is 16.4 Å². The van der Waals surface area contributed by atoms with Crippen LogP contribution < -0.4 is 15.5 Å². The number of hydrogen-bond acceptors (Lipinski definition) is 6.